The Morgan fingerprint density at radius 3 is 2.29 bits per heavy atom. The second-order valence-electron chi connectivity index (χ2n) is 3.23. The fourth-order valence-corrected chi connectivity index (χ4v) is 1.66. The molecule has 80 valence electrons. The van der Waals surface area contributed by atoms with E-state index in [0.29, 0.717) is 0 Å². The van der Waals surface area contributed by atoms with Crippen LogP contribution >= 0.6 is 22.6 Å². The third-order valence-corrected chi connectivity index (χ3v) is 2.68. The predicted octanol–water partition coefficient (Wildman–Crippen LogP) is 5.06. The molecule has 0 atom stereocenters. The van der Waals surface area contributed by atoms with Gasteiger partial charge in [-0.25, -0.2) is 0 Å². The first-order valence-corrected chi connectivity index (χ1v) is 6.95. The van der Waals surface area contributed by atoms with Crippen molar-refractivity contribution in [3.8, 4) is 0 Å². The zero-order valence-electron chi connectivity index (χ0n) is 9.08. The molecule has 0 amide bonds. The van der Waals surface area contributed by atoms with E-state index in [1.165, 1.54) is 36.5 Å². The lowest BCUT2D eigenvalue weighted by Gasteiger charge is -1.94. The fraction of sp³-hybridized carbons (Fsp3) is 0.538. The van der Waals surface area contributed by atoms with Crippen molar-refractivity contribution in [1.29, 1.82) is 0 Å². The summed E-state index contributed by atoms with van der Waals surface area (Å²) in [6.45, 7) is 2.03. The lowest BCUT2D eigenvalue weighted by molar-refractivity contribution is 0.681. The molecule has 0 rings (SSSR count). The molecule has 0 fully saturated rings. The van der Waals surface area contributed by atoms with Crippen LogP contribution in [-0.4, -0.2) is 4.43 Å². The molecule has 0 aliphatic rings. The molecule has 0 aromatic heterocycles. The van der Waals surface area contributed by atoms with Gasteiger partial charge in [-0.05, 0) is 30.6 Å². The van der Waals surface area contributed by atoms with Gasteiger partial charge < -0.3 is 0 Å². The molecule has 0 aromatic carbocycles. The van der Waals surface area contributed by atoms with Gasteiger partial charge in [0, 0.05) is 0 Å². The summed E-state index contributed by atoms with van der Waals surface area (Å²) in [5.74, 6) is 0. The Morgan fingerprint density at radius 1 is 0.857 bits per heavy atom. The maximum Gasteiger partial charge on any atom is -0.000473 e. The number of allylic oxidation sites excluding steroid dienone is 6. The first-order chi connectivity index (χ1) is 6.91. The van der Waals surface area contributed by atoms with Crippen LogP contribution in [0.3, 0.4) is 0 Å². The van der Waals surface area contributed by atoms with Gasteiger partial charge in [-0.15, -0.1) is 0 Å². The highest BCUT2D eigenvalue weighted by Crippen LogP contribution is 2.05. The minimum atomic E-state index is 1.22. The van der Waals surface area contributed by atoms with Crippen LogP contribution in [0.1, 0.15) is 39.0 Å². The number of alkyl halides is 1. The lowest BCUT2D eigenvalue weighted by Crippen LogP contribution is -1.77. The molecule has 0 heterocycles. The van der Waals surface area contributed by atoms with Crippen LogP contribution in [0.5, 0.6) is 0 Å². The van der Waals surface area contributed by atoms with E-state index in [9.17, 15) is 0 Å². The summed E-state index contributed by atoms with van der Waals surface area (Å²) < 4.78 is 1.31. The van der Waals surface area contributed by atoms with E-state index in [2.05, 4.69) is 46.9 Å². The summed E-state index contributed by atoms with van der Waals surface area (Å²) >= 11 is 2.45. The molecule has 0 unspecified atom stereocenters. The van der Waals surface area contributed by atoms with E-state index >= 15 is 0 Å². The molecule has 0 radical (unpaired) electrons. The van der Waals surface area contributed by atoms with Crippen molar-refractivity contribution in [3.63, 3.8) is 0 Å². The molecule has 14 heavy (non-hydrogen) atoms. The van der Waals surface area contributed by atoms with Crippen LogP contribution < -0.4 is 0 Å². The van der Waals surface area contributed by atoms with Crippen LogP contribution in [0.4, 0.5) is 0 Å². The van der Waals surface area contributed by atoms with Gasteiger partial charge in [-0.3, -0.25) is 0 Å². The van der Waals surface area contributed by atoms with Crippen LogP contribution in [0, 0.1) is 0 Å². The predicted molar refractivity (Wildman–Crippen MR) is 75.1 cm³/mol. The number of unbranched alkanes of at least 4 members (excludes halogenated alkanes) is 4. The molecule has 0 aliphatic heterocycles. The zero-order valence-corrected chi connectivity index (χ0v) is 11.2. The maximum absolute atomic E-state index is 2.45. The zero-order chi connectivity index (χ0) is 10.5. The van der Waals surface area contributed by atoms with E-state index in [1.807, 2.05) is 19.1 Å². The van der Waals surface area contributed by atoms with E-state index in [0.717, 1.165) is 0 Å². The van der Waals surface area contributed by atoms with Gasteiger partial charge >= 0.3 is 0 Å². The topological polar surface area (TPSA) is 0 Å². The summed E-state index contributed by atoms with van der Waals surface area (Å²) in [7, 11) is 0. The van der Waals surface area contributed by atoms with Gasteiger partial charge in [0.2, 0.25) is 0 Å². The van der Waals surface area contributed by atoms with Crippen LogP contribution in [0.25, 0.3) is 0 Å². The van der Waals surface area contributed by atoms with E-state index in [-0.39, 0.29) is 0 Å². The van der Waals surface area contributed by atoms with Crippen molar-refractivity contribution < 1.29 is 0 Å². The Balaban J connectivity index is 3.18. The number of halogens is 1. The number of hydrogen-bond acceptors (Lipinski definition) is 0. The van der Waals surface area contributed by atoms with Gasteiger partial charge in [0.05, 0.1) is 0 Å². The first kappa shape index (κ1) is 13.9. The quantitative estimate of drug-likeness (QED) is 0.254. The Morgan fingerprint density at radius 2 is 1.57 bits per heavy atom. The highest BCUT2D eigenvalue weighted by molar-refractivity contribution is 14.1. The molecular formula is C13H21I. The molecule has 0 saturated heterocycles. The molecule has 0 N–H and O–H groups in total. The standard InChI is InChI=1S/C13H21I/c1-2-3-4-5-6-7-8-9-10-11-12-13-14/h2-7H,8-13H2,1H3. The largest absolute Gasteiger partial charge is 0.0877 e. The Hall–Kier alpha value is -0.0500. The highest BCUT2D eigenvalue weighted by Gasteiger charge is 1.85. The second kappa shape index (κ2) is 12.9. The first-order valence-electron chi connectivity index (χ1n) is 5.42. The smallest absolute Gasteiger partial charge is 0.000473 e. The van der Waals surface area contributed by atoms with E-state index in [4.69, 9.17) is 0 Å². The van der Waals surface area contributed by atoms with Crippen molar-refractivity contribution in [3.05, 3.63) is 36.5 Å². The average molecular weight is 304 g/mol. The van der Waals surface area contributed by atoms with Crippen molar-refractivity contribution in [2.24, 2.45) is 0 Å². The second-order valence-corrected chi connectivity index (χ2v) is 4.31. The van der Waals surface area contributed by atoms with Crippen molar-refractivity contribution in [2.45, 2.75) is 39.0 Å². The third kappa shape index (κ3) is 11.9. The minimum absolute atomic E-state index is 1.22. The molecule has 0 aromatic rings. The van der Waals surface area contributed by atoms with Crippen LogP contribution in [0.15, 0.2) is 36.5 Å². The van der Waals surface area contributed by atoms with E-state index in [1.54, 1.807) is 0 Å². The summed E-state index contributed by atoms with van der Waals surface area (Å²) in [5.41, 5.74) is 0. The minimum Gasteiger partial charge on any atom is -0.0877 e. The molecule has 0 bridgehead atoms. The van der Waals surface area contributed by atoms with E-state index < -0.39 is 0 Å². The third-order valence-electron chi connectivity index (χ3n) is 1.92. The van der Waals surface area contributed by atoms with Crippen LogP contribution in [-0.2, 0) is 0 Å². The van der Waals surface area contributed by atoms with Crippen LogP contribution in [0.2, 0.25) is 0 Å². The summed E-state index contributed by atoms with van der Waals surface area (Å²) in [4.78, 5) is 0. The van der Waals surface area contributed by atoms with Crippen molar-refractivity contribution in [2.75, 3.05) is 4.43 Å². The Labute approximate surface area is 102 Å². The van der Waals surface area contributed by atoms with Gasteiger partial charge in [-0.1, -0.05) is 71.9 Å². The summed E-state index contributed by atoms with van der Waals surface area (Å²) in [6.07, 6.45) is 19.3. The SMILES string of the molecule is CC=CC=CC=CCCCCCCI. The number of hydrogen-bond donors (Lipinski definition) is 0. The Bertz CT molecular complexity index is 178. The monoisotopic (exact) mass is 304 g/mol. The maximum atomic E-state index is 2.45. The number of rotatable bonds is 8. The van der Waals surface area contributed by atoms with Gasteiger partial charge in [0.25, 0.3) is 0 Å². The van der Waals surface area contributed by atoms with Crippen molar-refractivity contribution >= 4 is 22.6 Å². The van der Waals surface area contributed by atoms with Gasteiger partial charge in [0.15, 0.2) is 0 Å². The van der Waals surface area contributed by atoms with Gasteiger partial charge in [-0.2, -0.15) is 0 Å². The summed E-state index contributed by atoms with van der Waals surface area (Å²) in [5, 5.41) is 0. The lowest BCUT2D eigenvalue weighted by atomic mass is 10.1. The average Bonchev–Trinajstić information content (AvgIpc) is 2.21. The normalized spacial score (nSPS) is 12.4. The molecule has 0 nitrogen and oxygen atoms in total. The molecule has 0 aliphatic carbocycles. The van der Waals surface area contributed by atoms with Crippen molar-refractivity contribution in [1.82, 2.24) is 0 Å². The Kier molecular flexibility index (Phi) is 12.9. The molecule has 0 saturated carbocycles. The fourth-order valence-electron chi connectivity index (χ4n) is 1.12. The molecule has 0 spiro atoms. The van der Waals surface area contributed by atoms with Gasteiger partial charge in [0.1, 0.15) is 0 Å². The summed E-state index contributed by atoms with van der Waals surface area (Å²) in [6, 6.07) is 0. The molecular weight excluding hydrogens is 283 g/mol. The highest BCUT2D eigenvalue weighted by atomic mass is 127. The molecule has 1 heteroatoms.